The second-order valence-corrected chi connectivity index (χ2v) is 3.34. The summed E-state index contributed by atoms with van der Waals surface area (Å²) in [5.41, 5.74) is 0.970. The van der Waals surface area contributed by atoms with Crippen LogP contribution >= 0.6 is 0 Å². The lowest BCUT2D eigenvalue weighted by Crippen LogP contribution is -2.01. The fraction of sp³-hybridized carbons (Fsp3) is 0.231. The van der Waals surface area contributed by atoms with E-state index in [1.165, 1.54) is 6.07 Å². The first kappa shape index (κ1) is 13.0. The van der Waals surface area contributed by atoms with Crippen molar-refractivity contribution in [3.63, 3.8) is 0 Å². The number of esters is 1. The van der Waals surface area contributed by atoms with E-state index in [1.807, 2.05) is 0 Å². The summed E-state index contributed by atoms with van der Waals surface area (Å²) < 4.78 is 4.76. The van der Waals surface area contributed by atoms with Crippen molar-refractivity contribution in [1.82, 2.24) is 0 Å². The molecule has 0 aromatic heterocycles. The van der Waals surface area contributed by atoms with Crippen LogP contribution in [0, 0.1) is 0 Å². The van der Waals surface area contributed by atoms with Gasteiger partial charge in [-0.1, -0.05) is 24.3 Å². The molecular formula is C13H14O4. The Bertz CT molecular complexity index is 435. The molecular weight excluding hydrogens is 220 g/mol. The van der Waals surface area contributed by atoms with E-state index in [0.717, 1.165) is 5.56 Å². The maximum absolute atomic E-state index is 11.0. The molecule has 0 fully saturated rings. The van der Waals surface area contributed by atoms with Gasteiger partial charge < -0.3 is 9.84 Å². The summed E-state index contributed by atoms with van der Waals surface area (Å²) in [6.45, 7) is 2.11. The van der Waals surface area contributed by atoms with Crippen LogP contribution in [0.4, 0.5) is 0 Å². The van der Waals surface area contributed by atoms with Gasteiger partial charge in [-0.2, -0.15) is 0 Å². The zero-order valence-electron chi connectivity index (χ0n) is 9.55. The highest BCUT2D eigenvalue weighted by molar-refractivity contribution is 5.88. The fourth-order valence-corrected chi connectivity index (χ4v) is 1.29. The number of aromatic carboxylic acids is 1. The van der Waals surface area contributed by atoms with E-state index in [9.17, 15) is 9.59 Å². The fourth-order valence-electron chi connectivity index (χ4n) is 1.29. The van der Waals surface area contributed by atoms with E-state index >= 15 is 0 Å². The van der Waals surface area contributed by atoms with Crippen LogP contribution in [0.15, 0.2) is 30.3 Å². The molecule has 1 N–H and O–H groups in total. The van der Waals surface area contributed by atoms with Gasteiger partial charge in [0.1, 0.15) is 0 Å². The standard InChI is InChI=1S/C13H14O4/c1-2-17-12(14)8-4-6-10-5-3-7-11(9-10)13(15)16/h3-7,9H,2,8H2,1H3,(H,15,16). The van der Waals surface area contributed by atoms with Gasteiger partial charge in [-0.25, -0.2) is 4.79 Å². The average molecular weight is 234 g/mol. The van der Waals surface area contributed by atoms with Crippen molar-refractivity contribution in [2.45, 2.75) is 13.3 Å². The number of benzene rings is 1. The molecule has 0 aliphatic carbocycles. The van der Waals surface area contributed by atoms with E-state index in [4.69, 9.17) is 9.84 Å². The van der Waals surface area contributed by atoms with E-state index in [2.05, 4.69) is 0 Å². The highest BCUT2D eigenvalue weighted by Crippen LogP contribution is 2.07. The third kappa shape index (κ3) is 4.51. The van der Waals surface area contributed by atoms with Gasteiger partial charge in [0.05, 0.1) is 18.6 Å². The molecule has 0 spiro atoms. The number of carboxylic acids is 1. The first-order valence-electron chi connectivity index (χ1n) is 5.29. The predicted molar refractivity (Wildman–Crippen MR) is 63.7 cm³/mol. The number of rotatable bonds is 5. The number of carbonyl (C=O) groups excluding carboxylic acids is 1. The molecule has 0 aliphatic heterocycles. The molecule has 0 bridgehead atoms. The molecule has 0 heterocycles. The molecule has 4 heteroatoms. The second kappa shape index (κ2) is 6.48. The molecule has 4 nitrogen and oxygen atoms in total. The van der Waals surface area contributed by atoms with Crippen molar-refractivity contribution in [2.75, 3.05) is 6.61 Å². The van der Waals surface area contributed by atoms with Crippen molar-refractivity contribution in [3.05, 3.63) is 41.5 Å². The normalized spacial score (nSPS) is 10.4. The Morgan fingerprint density at radius 2 is 2.18 bits per heavy atom. The Kier molecular flexibility index (Phi) is 4.94. The quantitative estimate of drug-likeness (QED) is 0.794. The van der Waals surface area contributed by atoms with Crippen molar-refractivity contribution < 1.29 is 19.4 Å². The summed E-state index contributed by atoms with van der Waals surface area (Å²) in [5, 5.41) is 8.79. The summed E-state index contributed by atoms with van der Waals surface area (Å²) in [7, 11) is 0. The van der Waals surface area contributed by atoms with Crippen LogP contribution in [-0.4, -0.2) is 23.7 Å². The lowest BCUT2D eigenvalue weighted by atomic mass is 10.1. The third-order valence-corrected chi connectivity index (χ3v) is 2.03. The van der Waals surface area contributed by atoms with Gasteiger partial charge in [0.2, 0.25) is 0 Å². The van der Waals surface area contributed by atoms with E-state index < -0.39 is 5.97 Å². The van der Waals surface area contributed by atoms with Crippen LogP contribution < -0.4 is 0 Å². The SMILES string of the molecule is CCOC(=O)CC=Cc1cccc(C(=O)O)c1. The van der Waals surface area contributed by atoms with E-state index in [-0.39, 0.29) is 18.0 Å². The Labute approximate surface area is 99.5 Å². The van der Waals surface area contributed by atoms with Gasteiger partial charge >= 0.3 is 11.9 Å². The van der Waals surface area contributed by atoms with Crippen molar-refractivity contribution in [2.24, 2.45) is 0 Å². The van der Waals surface area contributed by atoms with Crippen LogP contribution in [0.1, 0.15) is 29.3 Å². The lowest BCUT2D eigenvalue weighted by molar-refractivity contribution is -0.142. The van der Waals surface area contributed by atoms with Crippen LogP contribution in [0.2, 0.25) is 0 Å². The zero-order chi connectivity index (χ0) is 12.7. The van der Waals surface area contributed by atoms with E-state index in [0.29, 0.717) is 6.61 Å². The minimum absolute atomic E-state index is 0.186. The molecule has 0 atom stereocenters. The van der Waals surface area contributed by atoms with Gasteiger partial charge in [0.25, 0.3) is 0 Å². The molecule has 0 aliphatic rings. The Morgan fingerprint density at radius 3 is 2.82 bits per heavy atom. The maximum Gasteiger partial charge on any atom is 0.335 e. The van der Waals surface area contributed by atoms with Crippen LogP contribution in [0.3, 0.4) is 0 Å². The Morgan fingerprint density at radius 1 is 1.41 bits per heavy atom. The molecule has 0 saturated carbocycles. The number of carboxylic acid groups (broad SMARTS) is 1. The van der Waals surface area contributed by atoms with Crippen LogP contribution in [-0.2, 0) is 9.53 Å². The largest absolute Gasteiger partial charge is 0.478 e. The summed E-state index contributed by atoms with van der Waals surface area (Å²) >= 11 is 0. The molecule has 0 radical (unpaired) electrons. The topological polar surface area (TPSA) is 63.6 Å². The van der Waals surface area contributed by atoms with Crippen LogP contribution in [0.25, 0.3) is 6.08 Å². The average Bonchev–Trinajstić information content (AvgIpc) is 2.30. The molecule has 90 valence electrons. The second-order valence-electron chi connectivity index (χ2n) is 3.34. The monoisotopic (exact) mass is 234 g/mol. The van der Waals surface area contributed by atoms with Crippen LogP contribution in [0.5, 0.6) is 0 Å². The lowest BCUT2D eigenvalue weighted by Gasteiger charge is -1.98. The van der Waals surface area contributed by atoms with Gasteiger partial charge in [0.15, 0.2) is 0 Å². The predicted octanol–water partition coefficient (Wildman–Crippen LogP) is 2.35. The molecule has 1 rings (SSSR count). The first-order valence-corrected chi connectivity index (χ1v) is 5.29. The minimum atomic E-state index is -0.967. The molecule has 0 saturated heterocycles. The summed E-state index contributed by atoms with van der Waals surface area (Å²) in [5.74, 6) is -1.26. The highest BCUT2D eigenvalue weighted by Gasteiger charge is 2.01. The number of hydrogen-bond acceptors (Lipinski definition) is 3. The van der Waals surface area contributed by atoms with Gasteiger partial charge in [-0.05, 0) is 24.6 Å². The van der Waals surface area contributed by atoms with Gasteiger partial charge in [-0.3, -0.25) is 4.79 Å². The zero-order valence-corrected chi connectivity index (χ0v) is 9.55. The summed E-state index contributed by atoms with van der Waals surface area (Å²) in [6.07, 6.45) is 3.54. The minimum Gasteiger partial charge on any atom is -0.478 e. The Hall–Kier alpha value is -2.10. The molecule has 0 unspecified atom stereocenters. The number of hydrogen-bond donors (Lipinski definition) is 1. The molecule has 1 aromatic carbocycles. The highest BCUT2D eigenvalue weighted by atomic mass is 16.5. The number of carbonyl (C=O) groups is 2. The molecule has 17 heavy (non-hydrogen) atoms. The van der Waals surface area contributed by atoms with Gasteiger partial charge in [0, 0.05) is 0 Å². The van der Waals surface area contributed by atoms with Crippen molar-refractivity contribution in [3.8, 4) is 0 Å². The Balaban J connectivity index is 2.62. The molecule has 0 amide bonds. The summed E-state index contributed by atoms with van der Waals surface area (Å²) in [4.78, 5) is 21.8. The third-order valence-electron chi connectivity index (χ3n) is 2.03. The van der Waals surface area contributed by atoms with Gasteiger partial charge in [-0.15, -0.1) is 0 Å². The van der Waals surface area contributed by atoms with Crippen molar-refractivity contribution >= 4 is 18.0 Å². The van der Waals surface area contributed by atoms with E-state index in [1.54, 1.807) is 37.3 Å². The summed E-state index contributed by atoms with van der Waals surface area (Å²) in [6, 6.07) is 6.50. The molecule has 1 aromatic rings. The van der Waals surface area contributed by atoms with Crippen molar-refractivity contribution in [1.29, 1.82) is 0 Å². The maximum atomic E-state index is 11.0. The smallest absolute Gasteiger partial charge is 0.335 e. The number of ether oxygens (including phenoxy) is 1. The first-order chi connectivity index (χ1) is 8.13.